The number of halogens is 1. The van der Waals surface area contributed by atoms with Gasteiger partial charge in [-0.3, -0.25) is 0 Å². The van der Waals surface area contributed by atoms with E-state index >= 15 is 0 Å². The van der Waals surface area contributed by atoms with E-state index < -0.39 is 0 Å². The van der Waals surface area contributed by atoms with Gasteiger partial charge in [-0.2, -0.15) is 0 Å². The first kappa shape index (κ1) is 11.8. The third-order valence-electron chi connectivity index (χ3n) is 3.19. The van der Waals surface area contributed by atoms with Gasteiger partial charge in [-0.05, 0) is 39.0 Å². The summed E-state index contributed by atoms with van der Waals surface area (Å²) in [6.07, 6.45) is 4.96. The van der Waals surface area contributed by atoms with Crippen LogP contribution in [0.1, 0.15) is 43.4 Å². The van der Waals surface area contributed by atoms with E-state index in [1.807, 2.05) is 6.92 Å². The lowest BCUT2D eigenvalue weighted by Crippen LogP contribution is -2.22. The molecule has 0 amide bonds. The summed E-state index contributed by atoms with van der Waals surface area (Å²) in [5, 5.41) is 0.734. The molecule has 0 atom stereocenters. The molecule has 0 aliphatic heterocycles. The van der Waals surface area contributed by atoms with Gasteiger partial charge in [-0.1, -0.05) is 18.5 Å². The van der Waals surface area contributed by atoms with Crippen LogP contribution in [0.25, 0.3) is 0 Å². The Morgan fingerprint density at radius 1 is 1.31 bits per heavy atom. The van der Waals surface area contributed by atoms with Crippen LogP contribution in [0.5, 0.6) is 0 Å². The minimum Gasteiger partial charge on any atom is -0.325 e. The number of hydrogen-bond acceptors (Lipinski definition) is 3. The van der Waals surface area contributed by atoms with Crippen molar-refractivity contribution in [1.29, 1.82) is 0 Å². The zero-order valence-electron chi connectivity index (χ0n) is 9.89. The van der Waals surface area contributed by atoms with Crippen LogP contribution in [0.2, 0.25) is 5.02 Å². The molecule has 0 spiro atoms. The van der Waals surface area contributed by atoms with Crippen molar-refractivity contribution in [2.45, 2.75) is 51.5 Å². The van der Waals surface area contributed by atoms with Crippen LogP contribution in [0, 0.1) is 6.92 Å². The topological polar surface area (TPSA) is 51.8 Å². The van der Waals surface area contributed by atoms with Gasteiger partial charge in [0.05, 0.1) is 16.4 Å². The number of nitrogens with two attached hydrogens (primary N) is 1. The fourth-order valence-corrected chi connectivity index (χ4v) is 2.17. The first-order valence-electron chi connectivity index (χ1n) is 5.85. The summed E-state index contributed by atoms with van der Waals surface area (Å²) in [4.78, 5) is 8.75. The van der Waals surface area contributed by atoms with Gasteiger partial charge >= 0.3 is 0 Å². The van der Waals surface area contributed by atoms with E-state index in [-0.39, 0.29) is 5.54 Å². The summed E-state index contributed by atoms with van der Waals surface area (Å²) in [6.45, 7) is 3.97. The second-order valence-electron chi connectivity index (χ2n) is 4.69. The SMILES string of the molecule is CCc1nc(C)nc(CCC2(N)CC2)c1Cl. The lowest BCUT2D eigenvalue weighted by atomic mass is 10.1. The number of hydrogen-bond donors (Lipinski definition) is 1. The van der Waals surface area contributed by atoms with E-state index in [0.29, 0.717) is 0 Å². The Labute approximate surface area is 101 Å². The van der Waals surface area contributed by atoms with Gasteiger partial charge < -0.3 is 5.73 Å². The normalized spacial score (nSPS) is 17.5. The van der Waals surface area contributed by atoms with Crippen LogP contribution < -0.4 is 5.73 Å². The van der Waals surface area contributed by atoms with Crippen molar-refractivity contribution in [1.82, 2.24) is 9.97 Å². The fraction of sp³-hybridized carbons (Fsp3) is 0.667. The highest BCUT2D eigenvalue weighted by molar-refractivity contribution is 6.31. The third-order valence-corrected chi connectivity index (χ3v) is 3.62. The average molecular weight is 240 g/mol. The van der Waals surface area contributed by atoms with Gasteiger partial charge in [0.15, 0.2) is 0 Å². The Kier molecular flexibility index (Phi) is 3.17. The van der Waals surface area contributed by atoms with Crippen LogP contribution in [0.3, 0.4) is 0 Å². The molecule has 0 unspecified atom stereocenters. The van der Waals surface area contributed by atoms with Crippen molar-refractivity contribution in [2.24, 2.45) is 5.73 Å². The first-order chi connectivity index (χ1) is 7.54. The molecule has 2 rings (SSSR count). The average Bonchev–Trinajstić information content (AvgIpc) is 2.98. The largest absolute Gasteiger partial charge is 0.325 e. The highest BCUT2D eigenvalue weighted by Gasteiger charge is 2.37. The van der Waals surface area contributed by atoms with Crippen molar-refractivity contribution >= 4 is 11.6 Å². The summed E-state index contributed by atoms with van der Waals surface area (Å²) in [7, 11) is 0. The molecule has 16 heavy (non-hydrogen) atoms. The summed E-state index contributed by atoms with van der Waals surface area (Å²) in [6, 6.07) is 0. The second kappa shape index (κ2) is 4.30. The maximum atomic E-state index is 6.26. The Balaban J connectivity index is 2.15. The molecule has 0 radical (unpaired) electrons. The smallest absolute Gasteiger partial charge is 0.125 e. The van der Waals surface area contributed by atoms with E-state index in [1.54, 1.807) is 0 Å². The molecule has 88 valence electrons. The van der Waals surface area contributed by atoms with E-state index in [9.17, 15) is 0 Å². The van der Waals surface area contributed by atoms with Crippen molar-refractivity contribution in [2.75, 3.05) is 0 Å². The molecule has 1 heterocycles. The quantitative estimate of drug-likeness (QED) is 0.878. The Bertz CT molecular complexity index is 399. The zero-order chi connectivity index (χ0) is 11.8. The zero-order valence-corrected chi connectivity index (χ0v) is 10.6. The Morgan fingerprint density at radius 2 is 1.94 bits per heavy atom. The first-order valence-corrected chi connectivity index (χ1v) is 6.22. The molecule has 0 bridgehead atoms. The van der Waals surface area contributed by atoms with Crippen LogP contribution in [-0.4, -0.2) is 15.5 Å². The molecule has 3 nitrogen and oxygen atoms in total. The van der Waals surface area contributed by atoms with Crippen LogP contribution in [0.4, 0.5) is 0 Å². The van der Waals surface area contributed by atoms with Gasteiger partial charge in [0.1, 0.15) is 5.82 Å². The van der Waals surface area contributed by atoms with Gasteiger partial charge in [0.2, 0.25) is 0 Å². The molecule has 2 N–H and O–H groups in total. The Morgan fingerprint density at radius 3 is 2.50 bits per heavy atom. The number of rotatable bonds is 4. The molecule has 1 fully saturated rings. The van der Waals surface area contributed by atoms with Crippen LogP contribution >= 0.6 is 11.6 Å². The molecule has 4 heteroatoms. The van der Waals surface area contributed by atoms with Crippen molar-refractivity contribution in [3.8, 4) is 0 Å². The summed E-state index contributed by atoms with van der Waals surface area (Å²) in [5.74, 6) is 0.804. The van der Waals surface area contributed by atoms with Gasteiger partial charge in [0.25, 0.3) is 0 Å². The lowest BCUT2D eigenvalue weighted by Gasteiger charge is -2.11. The predicted octanol–water partition coefficient (Wildman–Crippen LogP) is 2.42. The van der Waals surface area contributed by atoms with Gasteiger partial charge in [0, 0.05) is 5.54 Å². The molecule has 0 saturated heterocycles. The predicted molar refractivity (Wildman–Crippen MR) is 65.6 cm³/mol. The molecule has 0 aromatic carbocycles. The van der Waals surface area contributed by atoms with Gasteiger partial charge in [-0.25, -0.2) is 9.97 Å². The Hall–Kier alpha value is -0.670. The summed E-state index contributed by atoms with van der Waals surface area (Å²) >= 11 is 6.26. The van der Waals surface area contributed by atoms with E-state index in [0.717, 1.165) is 54.3 Å². The summed E-state index contributed by atoms with van der Waals surface area (Å²) in [5.41, 5.74) is 8.04. The maximum absolute atomic E-state index is 6.26. The minimum absolute atomic E-state index is 0.0640. The highest BCUT2D eigenvalue weighted by Crippen LogP contribution is 2.37. The van der Waals surface area contributed by atoms with E-state index in [2.05, 4.69) is 16.9 Å². The second-order valence-corrected chi connectivity index (χ2v) is 5.07. The number of nitrogens with zero attached hydrogens (tertiary/aromatic N) is 2. The van der Waals surface area contributed by atoms with Crippen LogP contribution in [0.15, 0.2) is 0 Å². The number of aromatic nitrogens is 2. The van der Waals surface area contributed by atoms with Crippen molar-refractivity contribution < 1.29 is 0 Å². The van der Waals surface area contributed by atoms with Gasteiger partial charge in [-0.15, -0.1) is 0 Å². The molecular weight excluding hydrogens is 222 g/mol. The van der Waals surface area contributed by atoms with Crippen molar-refractivity contribution in [3.05, 3.63) is 22.2 Å². The van der Waals surface area contributed by atoms with Crippen molar-refractivity contribution in [3.63, 3.8) is 0 Å². The lowest BCUT2D eigenvalue weighted by molar-refractivity contribution is 0.601. The monoisotopic (exact) mass is 239 g/mol. The molecule has 1 aromatic heterocycles. The summed E-state index contributed by atoms with van der Waals surface area (Å²) < 4.78 is 0. The van der Waals surface area contributed by atoms with Crippen LogP contribution in [-0.2, 0) is 12.8 Å². The maximum Gasteiger partial charge on any atom is 0.125 e. The molecule has 1 saturated carbocycles. The standard InChI is InChI=1S/C12H18ClN3/c1-3-9-11(13)10(16-8(2)15-9)4-5-12(14)6-7-12/h3-7,14H2,1-2H3. The molecule has 1 aromatic rings. The molecule has 1 aliphatic rings. The van der Waals surface area contributed by atoms with E-state index in [4.69, 9.17) is 17.3 Å². The van der Waals surface area contributed by atoms with E-state index in [1.165, 1.54) is 0 Å². The molecular formula is C12H18ClN3. The fourth-order valence-electron chi connectivity index (χ4n) is 1.86. The minimum atomic E-state index is 0.0640. The highest BCUT2D eigenvalue weighted by atomic mass is 35.5. The molecule has 1 aliphatic carbocycles. The number of aryl methyl sites for hydroxylation is 3. The third kappa shape index (κ3) is 2.53.